The fourth-order valence-electron chi connectivity index (χ4n) is 4.08. The number of benzene rings is 1. The summed E-state index contributed by atoms with van der Waals surface area (Å²) in [6.45, 7) is 8.07. The summed E-state index contributed by atoms with van der Waals surface area (Å²) < 4.78 is 6.05. The van der Waals surface area contributed by atoms with Gasteiger partial charge in [0.1, 0.15) is 0 Å². The van der Waals surface area contributed by atoms with Gasteiger partial charge < -0.3 is 9.64 Å². The van der Waals surface area contributed by atoms with E-state index in [0.29, 0.717) is 12.5 Å². The maximum atomic E-state index is 12.9. The first-order valence-electron chi connectivity index (χ1n) is 9.70. The topological polar surface area (TPSA) is 32.8 Å². The third-order valence-corrected chi connectivity index (χ3v) is 6.84. The van der Waals surface area contributed by atoms with Crippen molar-refractivity contribution in [2.24, 2.45) is 0 Å². The van der Waals surface area contributed by atoms with E-state index in [0.717, 1.165) is 25.2 Å². The monoisotopic (exact) mass is 386 g/mol. The lowest BCUT2D eigenvalue weighted by molar-refractivity contribution is -0.123. The number of hydrogen-bond donors (Lipinski definition) is 0. The smallest absolute Gasteiger partial charge is 0.227 e. The molecule has 3 atom stereocenters. The van der Waals surface area contributed by atoms with Crippen LogP contribution in [0.3, 0.4) is 0 Å². The highest BCUT2D eigenvalue weighted by molar-refractivity contribution is 7.10. The molecule has 1 amide bonds. The standard InChI is InChI=1S/C22H30N2O2S/c1-5-21(25)24(18-10-7-6-8-11-18)20-13-14-23(16-22(20,3)26-4)17(2)19-12-9-15-27-19/h6-12,15,17,20H,5,13-14,16H2,1-4H3/t17?,20-,22-/m0/s1. The fourth-order valence-corrected chi connectivity index (χ4v) is 4.90. The molecule has 3 rings (SSSR count). The molecule has 0 spiro atoms. The van der Waals surface area contributed by atoms with Crippen LogP contribution in [-0.2, 0) is 9.53 Å². The van der Waals surface area contributed by atoms with Crippen LogP contribution in [0, 0.1) is 0 Å². The summed E-state index contributed by atoms with van der Waals surface area (Å²) in [6, 6.07) is 14.7. The molecule has 0 aliphatic carbocycles. The Morgan fingerprint density at radius 3 is 2.67 bits per heavy atom. The van der Waals surface area contributed by atoms with E-state index >= 15 is 0 Å². The van der Waals surface area contributed by atoms with E-state index in [1.165, 1.54) is 4.88 Å². The average molecular weight is 387 g/mol. The fraction of sp³-hybridized carbons (Fsp3) is 0.500. The number of para-hydroxylation sites is 1. The summed E-state index contributed by atoms with van der Waals surface area (Å²) in [4.78, 5) is 18.7. The van der Waals surface area contributed by atoms with Gasteiger partial charge in [-0.25, -0.2) is 0 Å². The molecule has 1 aliphatic rings. The second-order valence-corrected chi connectivity index (χ2v) is 8.42. The van der Waals surface area contributed by atoms with Crippen molar-refractivity contribution in [3.8, 4) is 0 Å². The van der Waals surface area contributed by atoms with Crippen LogP contribution in [0.15, 0.2) is 47.8 Å². The van der Waals surface area contributed by atoms with Crippen LogP contribution < -0.4 is 4.90 Å². The molecule has 2 aromatic rings. The Bertz CT molecular complexity index is 734. The first-order valence-corrected chi connectivity index (χ1v) is 10.6. The minimum absolute atomic E-state index is 0.0177. The normalized spacial score (nSPS) is 24.5. The SMILES string of the molecule is CCC(=O)N(c1ccccc1)[C@H]1CCN(C(C)c2cccs2)C[C@]1(C)OC. The Hall–Kier alpha value is -1.69. The maximum absolute atomic E-state index is 12.9. The molecule has 0 radical (unpaired) electrons. The molecule has 0 N–H and O–H groups in total. The van der Waals surface area contributed by atoms with Gasteiger partial charge in [-0.2, -0.15) is 0 Å². The molecule has 0 bridgehead atoms. The number of nitrogens with zero attached hydrogens (tertiary/aromatic N) is 2. The first-order chi connectivity index (χ1) is 13.0. The van der Waals surface area contributed by atoms with E-state index in [1.54, 1.807) is 18.4 Å². The Labute approximate surface area is 166 Å². The molecule has 1 unspecified atom stereocenters. The van der Waals surface area contributed by atoms with Crippen LogP contribution in [0.25, 0.3) is 0 Å². The van der Waals surface area contributed by atoms with Crippen molar-refractivity contribution in [2.75, 3.05) is 25.1 Å². The summed E-state index contributed by atoms with van der Waals surface area (Å²) in [5.74, 6) is 0.147. The average Bonchev–Trinajstić information content (AvgIpc) is 3.24. The summed E-state index contributed by atoms with van der Waals surface area (Å²) in [5.41, 5.74) is 0.530. The van der Waals surface area contributed by atoms with Gasteiger partial charge in [-0.05, 0) is 43.8 Å². The Kier molecular flexibility index (Phi) is 6.35. The van der Waals surface area contributed by atoms with Gasteiger partial charge in [0, 0.05) is 43.2 Å². The van der Waals surface area contributed by atoms with Crippen LogP contribution in [0.2, 0.25) is 0 Å². The van der Waals surface area contributed by atoms with Crippen molar-refractivity contribution >= 4 is 22.9 Å². The predicted molar refractivity (Wildman–Crippen MR) is 112 cm³/mol. The van der Waals surface area contributed by atoms with Crippen molar-refractivity contribution in [2.45, 2.75) is 51.3 Å². The number of ether oxygens (including phenoxy) is 1. The van der Waals surface area contributed by atoms with E-state index in [2.05, 4.69) is 36.3 Å². The lowest BCUT2D eigenvalue weighted by atomic mass is 9.86. The number of thiophene rings is 1. The second-order valence-electron chi connectivity index (χ2n) is 7.44. The molecule has 1 fully saturated rings. The van der Waals surface area contributed by atoms with E-state index in [4.69, 9.17) is 4.74 Å². The quantitative estimate of drug-likeness (QED) is 0.719. The third-order valence-electron chi connectivity index (χ3n) is 5.80. The predicted octanol–water partition coefficient (Wildman–Crippen LogP) is 4.73. The number of hydrogen-bond acceptors (Lipinski definition) is 4. The number of methoxy groups -OCH3 is 1. The number of amides is 1. The lowest BCUT2D eigenvalue weighted by Crippen LogP contribution is -2.63. The lowest BCUT2D eigenvalue weighted by Gasteiger charge is -2.50. The van der Waals surface area contributed by atoms with E-state index < -0.39 is 5.60 Å². The molecule has 4 nitrogen and oxygen atoms in total. The second kappa shape index (κ2) is 8.55. The minimum atomic E-state index is -0.426. The molecule has 0 saturated carbocycles. The van der Waals surface area contributed by atoms with Gasteiger partial charge in [-0.1, -0.05) is 31.2 Å². The van der Waals surface area contributed by atoms with Gasteiger partial charge in [0.25, 0.3) is 0 Å². The molecule has 146 valence electrons. The summed E-state index contributed by atoms with van der Waals surface area (Å²) in [7, 11) is 1.77. The Morgan fingerprint density at radius 2 is 2.07 bits per heavy atom. The molecule has 27 heavy (non-hydrogen) atoms. The Balaban J connectivity index is 1.88. The van der Waals surface area contributed by atoms with E-state index in [-0.39, 0.29) is 11.9 Å². The number of anilines is 1. The van der Waals surface area contributed by atoms with E-state index in [9.17, 15) is 4.79 Å². The van der Waals surface area contributed by atoms with Crippen molar-refractivity contribution in [3.63, 3.8) is 0 Å². The van der Waals surface area contributed by atoms with Crippen molar-refractivity contribution in [3.05, 3.63) is 52.7 Å². The van der Waals surface area contributed by atoms with Crippen LogP contribution in [0.5, 0.6) is 0 Å². The molecule has 1 saturated heterocycles. The number of carbonyl (C=O) groups is 1. The summed E-state index contributed by atoms with van der Waals surface area (Å²) in [6.07, 6.45) is 1.38. The van der Waals surface area contributed by atoms with Crippen LogP contribution in [0.4, 0.5) is 5.69 Å². The first kappa shape index (κ1) is 20.1. The largest absolute Gasteiger partial charge is 0.375 e. The number of carbonyl (C=O) groups excluding carboxylic acids is 1. The molecular formula is C22H30N2O2S. The van der Waals surface area contributed by atoms with Crippen LogP contribution >= 0.6 is 11.3 Å². The minimum Gasteiger partial charge on any atom is -0.375 e. The zero-order valence-corrected chi connectivity index (χ0v) is 17.5. The highest BCUT2D eigenvalue weighted by atomic mass is 32.1. The van der Waals surface area contributed by atoms with Crippen LogP contribution in [-0.4, -0.2) is 42.6 Å². The van der Waals surface area contributed by atoms with Gasteiger partial charge >= 0.3 is 0 Å². The van der Waals surface area contributed by atoms with Gasteiger partial charge in [-0.3, -0.25) is 9.69 Å². The summed E-state index contributed by atoms with van der Waals surface area (Å²) >= 11 is 1.80. The van der Waals surface area contributed by atoms with Gasteiger partial charge in [0.15, 0.2) is 0 Å². The van der Waals surface area contributed by atoms with Gasteiger partial charge in [0.05, 0.1) is 11.6 Å². The Morgan fingerprint density at radius 1 is 1.33 bits per heavy atom. The highest BCUT2D eigenvalue weighted by Gasteiger charge is 2.45. The number of rotatable bonds is 6. The summed E-state index contributed by atoms with van der Waals surface area (Å²) in [5, 5.41) is 2.13. The van der Waals surface area contributed by atoms with E-state index in [1.807, 2.05) is 42.2 Å². The molecule has 1 aromatic heterocycles. The molecule has 5 heteroatoms. The number of piperidine rings is 1. The third kappa shape index (κ3) is 4.10. The number of likely N-dealkylation sites (tertiary alicyclic amines) is 1. The zero-order valence-electron chi connectivity index (χ0n) is 16.7. The molecule has 1 aromatic carbocycles. The maximum Gasteiger partial charge on any atom is 0.227 e. The molecular weight excluding hydrogens is 356 g/mol. The van der Waals surface area contributed by atoms with Crippen molar-refractivity contribution < 1.29 is 9.53 Å². The zero-order chi connectivity index (χ0) is 19.4. The van der Waals surface area contributed by atoms with Crippen molar-refractivity contribution in [1.29, 1.82) is 0 Å². The molecule has 2 heterocycles. The van der Waals surface area contributed by atoms with Crippen molar-refractivity contribution in [1.82, 2.24) is 4.90 Å². The molecule has 1 aliphatic heterocycles. The van der Waals surface area contributed by atoms with Gasteiger partial charge in [-0.15, -0.1) is 11.3 Å². The highest BCUT2D eigenvalue weighted by Crippen LogP contribution is 2.36. The van der Waals surface area contributed by atoms with Crippen LogP contribution in [0.1, 0.15) is 44.5 Å². The van der Waals surface area contributed by atoms with Gasteiger partial charge in [0.2, 0.25) is 5.91 Å².